The standard InChI is InChI=1S/C9H8Cl2INO/c1-5(14)2-3-6-7(12)4-8(10)13-9(6)11/h4H,2-3H2,1H3. The van der Waals surface area contributed by atoms with Crippen molar-refractivity contribution >= 4 is 51.6 Å². The summed E-state index contributed by atoms with van der Waals surface area (Å²) in [5.74, 6) is 0.145. The molecule has 1 heterocycles. The molecule has 0 amide bonds. The third-order valence-corrected chi connectivity index (χ3v) is 3.18. The Hall–Kier alpha value is 0.130. The van der Waals surface area contributed by atoms with E-state index >= 15 is 0 Å². The van der Waals surface area contributed by atoms with Crippen LogP contribution >= 0.6 is 45.8 Å². The highest BCUT2D eigenvalue weighted by Gasteiger charge is 2.09. The van der Waals surface area contributed by atoms with E-state index in [0.29, 0.717) is 23.1 Å². The minimum atomic E-state index is 0.145. The molecule has 0 unspecified atom stereocenters. The van der Waals surface area contributed by atoms with Gasteiger partial charge in [-0.1, -0.05) is 23.2 Å². The molecule has 0 aliphatic carbocycles. The van der Waals surface area contributed by atoms with Gasteiger partial charge in [0.05, 0.1) is 0 Å². The number of carbonyl (C=O) groups excluding carboxylic acids is 1. The lowest BCUT2D eigenvalue weighted by atomic mass is 10.1. The van der Waals surface area contributed by atoms with Gasteiger partial charge in [0, 0.05) is 15.6 Å². The van der Waals surface area contributed by atoms with Gasteiger partial charge >= 0.3 is 0 Å². The molecule has 0 atom stereocenters. The lowest BCUT2D eigenvalue weighted by molar-refractivity contribution is -0.116. The summed E-state index contributed by atoms with van der Waals surface area (Å²) in [6.45, 7) is 1.56. The molecule has 0 aliphatic rings. The van der Waals surface area contributed by atoms with Crippen LogP contribution in [-0.2, 0) is 11.2 Å². The summed E-state index contributed by atoms with van der Waals surface area (Å²) in [5.41, 5.74) is 0.895. The number of halogens is 3. The number of hydrogen-bond acceptors (Lipinski definition) is 2. The SMILES string of the molecule is CC(=O)CCc1c(I)cc(Cl)nc1Cl. The number of hydrogen-bond donors (Lipinski definition) is 0. The second-order valence-electron chi connectivity index (χ2n) is 2.90. The zero-order valence-corrected chi connectivity index (χ0v) is 11.2. The number of nitrogens with zero attached hydrogens (tertiary/aromatic N) is 1. The van der Waals surface area contributed by atoms with Crippen molar-refractivity contribution in [2.24, 2.45) is 0 Å². The Kier molecular flexibility index (Phi) is 4.60. The van der Waals surface area contributed by atoms with Crippen molar-refractivity contribution in [3.8, 4) is 0 Å². The molecule has 2 nitrogen and oxygen atoms in total. The number of pyridine rings is 1. The molecular weight excluding hydrogens is 336 g/mol. The molecule has 1 rings (SSSR count). The normalized spacial score (nSPS) is 10.3. The van der Waals surface area contributed by atoms with Crippen LogP contribution in [0.15, 0.2) is 6.07 Å². The van der Waals surface area contributed by atoms with E-state index < -0.39 is 0 Å². The van der Waals surface area contributed by atoms with Crippen molar-refractivity contribution in [1.82, 2.24) is 4.98 Å². The van der Waals surface area contributed by atoms with E-state index in [-0.39, 0.29) is 5.78 Å². The first-order valence-corrected chi connectivity index (χ1v) is 5.84. The fourth-order valence-corrected chi connectivity index (χ4v) is 2.70. The van der Waals surface area contributed by atoms with Crippen LogP contribution in [0.5, 0.6) is 0 Å². The van der Waals surface area contributed by atoms with Crippen LogP contribution in [0.25, 0.3) is 0 Å². The highest BCUT2D eigenvalue weighted by atomic mass is 127. The van der Waals surface area contributed by atoms with Crippen LogP contribution in [0.1, 0.15) is 18.9 Å². The lowest BCUT2D eigenvalue weighted by Crippen LogP contribution is -1.98. The zero-order chi connectivity index (χ0) is 10.7. The second-order valence-corrected chi connectivity index (χ2v) is 4.81. The number of rotatable bonds is 3. The Labute approximate surface area is 106 Å². The Morgan fingerprint density at radius 1 is 1.57 bits per heavy atom. The quantitative estimate of drug-likeness (QED) is 0.621. The summed E-state index contributed by atoms with van der Waals surface area (Å²) in [7, 11) is 0. The average Bonchev–Trinajstić information content (AvgIpc) is 2.01. The first kappa shape index (κ1) is 12.2. The minimum absolute atomic E-state index is 0.145. The zero-order valence-electron chi connectivity index (χ0n) is 7.48. The number of Topliss-reactive ketones (excluding diaryl/α,β-unsaturated/α-hetero) is 1. The van der Waals surface area contributed by atoms with E-state index in [0.717, 1.165) is 9.13 Å². The summed E-state index contributed by atoms with van der Waals surface area (Å²) in [6.07, 6.45) is 1.11. The minimum Gasteiger partial charge on any atom is -0.300 e. The van der Waals surface area contributed by atoms with E-state index in [1.807, 2.05) is 0 Å². The van der Waals surface area contributed by atoms with Crippen molar-refractivity contribution < 1.29 is 4.79 Å². The maximum Gasteiger partial charge on any atom is 0.135 e. The molecule has 0 aromatic carbocycles. The van der Waals surface area contributed by atoms with Gasteiger partial charge in [-0.3, -0.25) is 0 Å². The molecule has 14 heavy (non-hydrogen) atoms. The van der Waals surface area contributed by atoms with Crippen LogP contribution in [0.2, 0.25) is 10.3 Å². The predicted octanol–water partition coefficient (Wildman–Crippen LogP) is 3.51. The highest BCUT2D eigenvalue weighted by Crippen LogP contribution is 2.24. The van der Waals surface area contributed by atoms with Gasteiger partial charge in [0.2, 0.25) is 0 Å². The van der Waals surface area contributed by atoms with Gasteiger partial charge < -0.3 is 4.79 Å². The Morgan fingerprint density at radius 2 is 2.21 bits per heavy atom. The van der Waals surface area contributed by atoms with Gasteiger partial charge in [0.25, 0.3) is 0 Å². The van der Waals surface area contributed by atoms with Gasteiger partial charge in [0.15, 0.2) is 0 Å². The van der Waals surface area contributed by atoms with E-state index in [9.17, 15) is 4.79 Å². The van der Waals surface area contributed by atoms with Crippen molar-refractivity contribution in [1.29, 1.82) is 0 Å². The van der Waals surface area contributed by atoms with Gasteiger partial charge in [-0.15, -0.1) is 0 Å². The molecule has 0 fully saturated rings. The summed E-state index contributed by atoms with van der Waals surface area (Å²) in [4.78, 5) is 14.7. The third-order valence-electron chi connectivity index (χ3n) is 1.72. The van der Waals surface area contributed by atoms with Crippen LogP contribution in [0.4, 0.5) is 0 Å². The predicted molar refractivity (Wildman–Crippen MR) is 66.0 cm³/mol. The Morgan fingerprint density at radius 3 is 2.71 bits per heavy atom. The van der Waals surface area contributed by atoms with E-state index in [1.165, 1.54) is 0 Å². The maximum atomic E-state index is 10.8. The summed E-state index contributed by atoms with van der Waals surface area (Å²) >= 11 is 13.8. The van der Waals surface area contributed by atoms with Crippen molar-refractivity contribution in [2.45, 2.75) is 19.8 Å². The molecule has 1 aromatic heterocycles. The Bertz CT molecular complexity index is 345. The van der Waals surface area contributed by atoms with E-state index in [1.54, 1.807) is 13.0 Å². The van der Waals surface area contributed by atoms with E-state index in [2.05, 4.69) is 27.6 Å². The van der Waals surface area contributed by atoms with Crippen LogP contribution < -0.4 is 0 Å². The summed E-state index contributed by atoms with van der Waals surface area (Å²) in [6, 6.07) is 1.74. The summed E-state index contributed by atoms with van der Waals surface area (Å²) in [5, 5.41) is 0.772. The van der Waals surface area contributed by atoms with E-state index in [4.69, 9.17) is 23.2 Å². The highest BCUT2D eigenvalue weighted by molar-refractivity contribution is 14.1. The van der Waals surface area contributed by atoms with Gasteiger partial charge in [0.1, 0.15) is 16.1 Å². The monoisotopic (exact) mass is 343 g/mol. The fourth-order valence-electron chi connectivity index (χ4n) is 1.01. The van der Waals surface area contributed by atoms with Gasteiger partial charge in [-0.25, -0.2) is 4.98 Å². The molecule has 0 aliphatic heterocycles. The Balaban J connectivity index is 2.91. The number of carbonyl (C=O) groups is 1. The fraction of sp³-hybridized carbons (Fsp3) is 0.333. The molecule has 0 bridgehead atoms. The van der Waals surface area contributed by atoms with Crippen molar-refractivity contribution in [3.05, 3.63) is 25.5 Å². The molecule has 0 N–H and O–H groups in total. The van der Waals surface area contributed by atoms with Gasteiger partial charge in [-0.2, -0.15) is 0 Å². The van der Waals surface area contributed by atoms with Gasteiger partial charge in [-0.05, 0) is 42.0 Å². The van der Waals surface area contributed by atoms with Crippen LogP contribution in [-0.4, -0.2) is 10.8 Å². The van der Waals surface area contributed by atoms with Crippen molar-refractivity contribution in [3.63, 3.8) is 0 Å². The molecular formula is C9H8Cl2INO. The molecule has 76 valence electrons. The molecule has 0 spiro atoms. The third kappa shape index (κ3) is 3.37. The lowest BCUT2D eigenvalue weighted by Gasteiger charge is -2.05. The largest absolute Gasteiger partial charge is 0.300 e. The first-order chi connectivity index (χ1) is 6.50. The van der Waals surface area contributed by atoms with Crippen LogP contribution in [0.3, 0.4) is 0 Å². The molecule has 1 aromatic rings. The molecule has 0 saturated carbocycles. The topological polar surface area (TPSA) is 30.0 Å². The number of ketones is 1. The smallest absolute Gasteiger partial charge is 0.135 e. The van der Waals surface area contributed by atoms with Crippen molar-refractivity contribution in [2.75, 3.05) is 0 Å². The molecule has 0 radical (unpaired) electrons. The first-order valence-electron chi connectivity index (χ1n) is 4.00. The second kappa shape index (κ2) is 5.28. The molecule has 5 heteroatoms. The molecule has 0 saturated heterocycles. The summed E-state index contributed by atoms with van der Waals surface area (Å²) < 4.78 is 0.953. The number of aromatic nitrogens is 1. The average molecular weight is 344 g/mol. The maximum absolute atomic E-state index is 10.8. The van der Waals surface area contributed by atoms with Crippen LogP contribution in [0, 0.1) is 3.57 Å².